The molecule has 1 spiro atoms. The molecule has 1 heterocycles. The van der Waals surface area contributed by atoms with Crippen molar-refractivity contribution in [1.29, 1.82) is 0 Å². The second-order valence-electron chi connectivity index (χ2n) is 10.7. The summed E-state index contributed by atoms with van der Waals surface area (Å²) in [6.45, 7) is 10.5. The Balaban J connectivity index is 1.78. The molecule has 3 aliphatic carbocycles. The standard InChI is InChI=1S/C24H34O4/c1-14(2)8-17-9-15(3)24(28-17)7-6-22(4)11-18-21(16(13-25)10-20(22)24)19(26)12-23(18,5)27/h8,10,13,15,17-18,20-21,27H,6-7,9,11-12H2,1-5H3/t15-,17-,18-,20+,21+,22+,23+,24-/m0/s1. The molecule has 4 nitrogen and oxygen atoms in total. The molecule has 0 aromatic rings. The number of fused-ring (bicyclic) bond motifs is 3. The summed E-state index contributed by atoms with van der Waals surface area (Å²) in [6.07, 6.45) is 9.14. The summed E-state index contributed by atoms with van der Waals surface area (Å²) in [6, 6.07) is 0. The van der Waals surface area contributed by atoms with Crippen molar-refractivity contribution in [3.8, 4) is 0 Å². The second-order valence-corrected chi connectivity index (χ2v) is 10.7. The number of carbonyl (C=O) groups is 2. The summed E-state index contributed by atoms with van der Waals surface area (Å²) in [7, 11) is 0. The number of hydrogen-bond donors (Lipinski definition) is 1. The van der Waals surface area contributed by atoms with Gasteiger partial charge in [0.15, 0.2) is 0 Å². The Morgan fingerprint density at radius 1 is 1.29 bits per heavy atom. The number of allylic oxidation sites excluding steroid dienone is 2. The largest absolute Gasteiger partial charge is 0.389 e. The smallest absolute Gasteiger partial charge is 0.146 e. The fourth-order valence-corrected chi connectivity index (χ4v) is 6.95. The summed E-state index contributed by atoms with van der Waals surface area (Å²) in [5.74, 6) is -0.156. The molecular formula is C24H34O4. The highest BCUT2D eigenvalue weighted by Crippen LogP contribution is 2.64. The monoisotopic (exact) mass is 386 g/mol. The maximum absolute atomic E-state index is 12.7. The molecule has 0 bridgehead atoms. The first kappa shape index (κ1) is 20.0. The van der Waals surface area contributed by atoms with Gasteiger partial charge in [-0.25, -0.2) is 0 Å². The van der Waals surface area contributed by atoms with Gasteiger partial charge in [-0.05, 0) is 63.4 Å². The third-order valence-corrected chi connectivity index (χ3v) is 8.29. The number of aldehydes is 1. The van der Waals surface area contributed by atoms with Crippen molar-refractivity contribution in [2.45, 2.75) is 84.0 Å². The fraction of sp³-hybridized carbons (Fsp3) is 0.750. The zero-order chi connectivity index (χ0) is 20.5. The topological polar surface area (TPSA) is 63.6 Å². The van der Waals surface area contributed by atoms with E-state index in [1.165, 1.54) is 5.57 Å². The summed E-state index contributed by atoms with van der Waals surface area (Å²) < 4.78 is 6.73. The second kappa shape index (κ2) is 6.37. The maximum atomic E-state index is 12.7. The molecule has 1 saturated heterocycles. The van der Waals surface area contributed by atoms with E-state index in [0.717, 1.165) is 32.0 Å². The van der Waals surface area contributed by atoms with Gasteiger partial charge >= 0.3 is 0 Å². The van der Waals surface area contributed by atoms with E-state index in [4.69, 9.17) is 4.74 Å². The summed E-state index contributed by atoms with van der Waals surface area (Å²) in [4.78, 5) is 24.8. The Labute approximate surface area is 168 Å². The molecule has 0 amide bonds. The molecule has 1 aliphatic heterocycles. The Bertz CT molecular complexity index is 759. The Kier molecular flexibility index (Phi) is 4.56. The van der Waals surface area contributed by atoms with E-state index >= 15 is 0 Å². The predicted octanol–water partition coefficient (Wildman–Crippen LogP) is 4.02. The number of ether oxygens (including phenoxy) is 1. The lowest BCUT2D eigenvalue weighted by atomic mass is 9.67. The van der Waals surface area contributed by atoms with E-state index in [9.17, 15) is 14.7 Å². The van der Waals surface area contributed by atoms with E-state index in [2.05, 4.69) is 39.8 Å². The molecule has 4 heteroatoms. The van der Waals surface area contributed by atoms with Gasteiger partial charge in [-0.2, -0.15) is 0 Å². The zero-order valence-electron chi connectivity index (χ0n) is 17.8. The first-order valence-electron chi connectivity index (χ1n) is 10.8. The number of ketones is 1. The lowest BCUT2D eigenvalue weighted by Crippen LogP contribution is -2.43. The highest BCUT2D eigenvalue weighted by molar-refractivity contribution is 5.94. The number of hydrogen-bond acceptors (Lipinski definition) is 4. The van der Waals surface area contributed by atoms with Crippen LogP contribution < -0.4 is 0 Å². The Morgan fingerprint density at radius 2 is 2.00 bits per heavy atom. The van der Waals surface area contributed by atoms with Crippen LogP contribution in [0.5, 0.6) is 0 Å². The van der Waals surface area contributed by atoms with Gasteiger partial charge in [0, 0.05) is 18.3 Å². The number of rotatable bonds is 2. The highest BCUT2D eigenvalue weighted by Gasteiger charge is 2.64. The van der Waals surface area contributed by atoms with Crippen LogP contribution in [0, 0.1) is 29.1 Å². The first-order chi connectivity index (χ1) is 13.0. The molecule has 154 valence electrons. The minimum Gasteiger partial charge on any atom is -0.389 e. The Morgan fingerprint density at radius 3 is 2.64 bits per heavy atom. The highest BCUT2D eigenvalue weighted by atomic mass is 16.5. The minimum absolute atomic E-state index is 0.00813. The van der Waals surface area contributed by atoms with E-state index in [1.807, 2.05) is 0 Å². The summed E-state index contributed by atoms with van der Waals surface area (Å²) >= 11 is 0. The zero-order valence-corrected chi connectivity index (χ0v) is 17.8. The van der Waals surface area contributed by atoms with Crippen molar-refractivity contribution >= 4 is 12.1 Å². The van der Waals surface area contributed by atoms with Crippen LogP contribution in [-0.4, -0.2) is 34.5 Å². The maximum Gasteiger partial charge on any atom is 0.146 e. The van der Waals surface area contributed by atoms with E-state index in [-0.39, 0.29) is 41.2 Å². The van der Waals surface area contributed by atoms with Crippen molar-refractivity contribution < 1.29 is 19.4 Å². The van der Waals surface area contributed by atoms with Gasteiger partial charge in [-0.1, -0.05) is 31.6 Å². The predicted molar refractivity (Wildman–Crippen MR) is 108 cm³/mol. The third-order valence-electron chi connectivity index (χ3n) is 8.29. The van der Waals surface area contributed by atoms with Gasteiger partial charge in [0.1, 0.15) is 12.1 Å². The molecule has 3 fully saturated rings. The van der Waals surface area contributed by atoms with Crippen molar-refractivity contribution in [3.63, 3.8) is 0 Å². The fourth-order valence-electron chi connectivity index (χ4n) is 6.95. The van der Waals surface area contributed by atoms with Crippen LogP contribution in [0.4, 0.5) is 0 Å². The molecule has 8 atom stereocenters. The molecule has 1 N–H and O–H groups in total. The van der Waals surface area contributed by atoms with Gasteiger partial charge in [0.05, 0.1) is 23.2 Å². The minimum atomic E-state index is -1.04. The Hall–Kier alpha value is -1.26. The van der Waals surface area contributed by atoms with Crippen LogP contribution in [0.15, 0.2) is 23.3 Å². The normalized spacial score (nSPS) is 50.1. The van der Waals surface area contributed by atoms with E-state index in [0.29, 0.717) is 11.5 Å². The van der Waals surface area contributed by atoms with Gasteiger partial charge in [0.25, 0.3) is 0 Å². The SMILES string of the molecule is CC(C)=C[C@H]1C[C@H](C)[C@]2(CC[C@]3(C)C[C@H]4[C@H](C(=O)C[C@@]4(C)O)C(C=O)=C[C@H]32)O1. The van der Waals surface area contributed by atoms with Gasteiger partial charge < -0.3 is 9.84 Å². The van der Waals surface area contributed by atoms with Gasteiger partial charge in [-0.3, -0.25) is 9.59 Å². The first-order valence-corrected chi connectivity index (χ1v) is 10.8. The quantitative estimate of drug-likeness (QED) is 0.575. The van der Waals surface area contributed by atoms with Crippen molar-refractivity contribution in [1.82, 2.24) is 0 Å². The number of Topliss-reactive ketones (excluding diaryl/α,β-unsaturated/α-hetero) is 1. The summed E-state index contributed by atoms with van der Waals surface area (Å²) in [5.41, 5.74) is 0.439. The molecule has 4 aliphatic rings. The molecule has 2 saturated carbocycles. The van der Waals surface area contributed by atoms with Crippen molar-refractivity contribution in [2.24, 2.45) is 29.1 Å². The molecule has 0 radical (unpaired) electrons. The van der Waals surface area contributed by atoms with Crippen LogP contribution >= 0.6 is 0 Å². The number of carbonyl (C=O) groups excluding carboxylic acids is 2. The van der Waals surface area contributed by atoms with Gasteiger partial charge in [0.2, 0.25) is 0 Å². The molecule has 0 aromatic carbocycles. The molecular weight excluding hydrogens is 352 g/mol. The van der Waals surface area contributed by atoms with Crippen LogP contribution in [0.25, 0.3) is 0 Å². The van der Waals surface area contributed by atoms with Crippen LogP contribution in [-0.2, 0) is 14.3 Å². The molecule has 4 rings (SSSR count). The average molecular weight is 387 g/mol. The van der Waals surface area contributed by atoms with E-state index in [1.54, 1.807) is 6.92 Å². The lowest BCUT2D eigenvalue weighted by molar-refractivity contribution is -0.121. The summed E-state index contributed by atoms with van der Waals surface area (Å²) in [5, 5.41) is 11.0. The third kappa shape index (κ3) is 2.79. The van der Waals surface area contributed by atoms with Crippen molar-refractivity contribution in [2.75, 3.05) is 0 Å². The molecule has 0 aromatic heterocycles. The van der Waals surface area contributed by atoms with E-state index < -0.39 is 11.5 Å². The van der Waals surface area contributed by atoms with Gasteiger partial charge in [-0.15, -0.1) is 0 Å². The van der Waals surface area contributed by atoms with Crippen molar-refractivity contribution in [3.05, 3.63) is 23.3 Å². The number of aliphatic hydroxyl groups is 1. The van der Waals surface area contributed by atoms with Crippen LogP contribution in [0.2, 0.25) is 0 Å². The van der Waals surface area contributed by atoms with Crippen LogP contribution in [0.1, 0.15) is 66.7 Å². The lowest BCUT2D eigenvalue weighted by Gasteiger charge is -2.41. The van der Waals surface area contributed by atoms with Crippen LogP contribution in [0.3, 0.4) is 0 Å². The average Bonchev–Trinajstić information content (AvgIpc) is 3.06. The molecule has 0 unspecified atom stereocenters. The molecule has 28 heavy (non-hydrogen) atoms.